The Balaban J connectivity index is 1.83. The second kappa shape index (κ2) is 6.96. The number of hydrogen-bond donors (Lipinski definition) is 1. The number of aryl methyl sites for hydroxylation is 1. The Morgan fingerprint density at radius 1 is 1.41 bits per heavy atom. The summed E-state index contributed by atoms with van der Waals surface area (Å²) >= 11 is 0. The Morgan fingerprint density at radius 2 is 2.14 bits per heavy atom. The van der Waals surface area contributed by atoms with E-state index in [1.807, 2.05) is 6.92 Å². The highest BCUT2D eigenvalue weighted by molar-refractivity contribution is 5.88. The molecular weight excluding hydrogens is 286 g/mol. The Bertz CT molecular complexity index is 551. The highest BCUT2D eigenvalue weighted by Gasteiger charge is 2.23. The highest BCUT2D eigenvalue weighted by atomic mass is 16.5. The van der Waals surface area contributed by atoms with Gasteiger partial charge in [-0.25, -0.2) is 4.79 Å². The number of nitrogens with zero attached hydrogens (tertiary/aromatic N) is 1. The summed E-state index contributed by atoms with van der Waals surface area (Å²) in [4.78, 5) is 24.7. The third kappa shape index (κ3) is 4.10. The molecule has 1 fully saturated rings. The van der Waals surface area contributed by atoms with Crippen molar-refractivity contribution in [3.63, 3.8) is 0 Å². The maximum Gasteiger partial charge on any atom is 0.339 e. The summed E-state index contributed by atoms with van der Waals surface area (Å²) in [6, 6.07) is 1.48. The van der Waals surface area contributed by atoms with Crippen molar-refractivity contribution < 1.29 is 23.8 Å². The molecule has 0 bridgehead atoms. The first-order valence-electron chi connectivity index (χ1n) is 7.59. The highest BCUT2D eigenvalue weighted by Crippen LogP contribution is 2.23. The fourth-order valence-electron chi connectivity index (χ4n) is 2.73. The van der Waals surface area contributed by atoms with Gasteiger partial charge < -0.3 is 19.2 Å². The first kappa shape index (κ1) is 16.5. The smallest absolute Gasteiger partial charge is 0.339 e. The predicted octanol–water partition coefficient (Wildman–Crippen LogP) is 2.59. The lowest BCUT2D eigenvalue weighted by Gasteiger charge is -2.17. The van der Waals surface area contributed by atoms with E-state index in [-0.39, 0.29) is 24.1 Å². The van der Waals surface area contributed by atoms with E-state index in [4.69, 9.17) is 14.3 Å². The van der Waals surface area contributed by atoms with Crippen molar-refractivity contribution in [3.8, 4) is 0 Å². The molecule has 1 amide bonds. The fraction of sp³-hybridized carbons (Fsp3) is 0.625. The maximum atomic E-state index is 12.1. The van der Waals surface area contributed by atoms with Crippen LogP contribution in [0.2, 0.25) is 0 Å². The van der Waals surface area contributed by atoms with E-state index < -0.39 is 5.97 Å². The van der Waals surface area contributed by atoms with E-state index in [2.05, 4.69) is 0 Å². The predicted molar refractivity (Wildman–Crippen MR) is 79.7 cm³/mol. The van der Waals surface area contributed by atoms with E-state index in [9.17, 15) is 9.59 Å². The maximum absolute atomic E-state index is 12.1. The van der Waals surface area contributed by atoms with Gasteiger partial charge in [-0.15, -0.1) is 0 Å². The molecule has 1 aromatic heterocycles. The van der Waals surface area contributed by atoms with Crippen LogP contribution in [0.5, 0.6) is 0 Å². The first-order chi connectivity index (χ1) is 10.4. The van der Waals surface area contributed by atoms with E-state index in [0.717, 1.165) is 19.3 Å². The third-order valence-electron chi connectivity index (χ3n) is 4.02. The van der Waals surface area contributed by atoms with Crippen molar-refractivity contribution in [2.45, 2.75) is 58.3 Å². The number of furan rings is 1. The van der Waals surface area contributed by atoms with Gasteiger partial charge in [-0.3, -0.25) is 4.79 Å². The van der Waals surface area contributed by atoms with Crippen LogP contribution in [0, 0.1) is 6.92 Å². The van der Waals surface area contributed by atoms with E-state index in [1.54, 1.807) is 18.9 Å². The second-order valence-electron chi connectivity index (χ2n) is 5.92. The van der Waals surface area contributed by atoms with Crippen molar-refractivity contribution >= 4 is 11.9 Å². The molecule has 0 unspecified atom stereocenters. The molecule has 1 saturated heterocycles. The van der Waals surface area contributed by atoms with Gasteiger partial charge in [0.05, 0.1) is 18.8 Å². The molecule has 6 nitrogen and oxygen atoms in total. The zero-order valence-electron chi connectivity index (χ0n) is 13.3. The number of carboxylic acid groups (broad SMARTS) is 1. The van der Waals surface area contributed by atoms with Crippen LogP contribution in [-0.4, -0.2) is 41.1 Å². The quantitative estimate of drug-likeness (QED) is 0.873. The lowest BCUT2D eigenvalue weighted by Crippen LogP contribution is -2.26. The molecule has 0 aromatic carbocycles. The number of hydrogen-bond acceptors (Lipinski definition) is 4. The summed E-state index contributed by atoms with van der Waals surface area (Å²) in [7, 11) is 1.69. The van der Waals surface area contributed by atoms with Gasteiger partial charge in [0, 0.05) is 13.5 Å². The largest absolute Gasteiger partial charge is 0.478 e. The molecule has 2 rings (SSSR count). The average molecular weight is 309 g/mol. The van der Waals surface area contributed by atoms with Crippen LogP contribution in [0.15, 0.2) is 10.5 Å². The molecule has 2 atom stereocenters. The van der Waals surface area contributed by atoms with Gasteiger partial charge in [0.1, 0.15) is 17.1 Å². The van der Waals surface area contributed by atoms with Crippen molar-refractivity contribution in [3.05, 3.63) is 23.2 Å². The number of carbonyl (C=O) groups excluding carboxylic acids is 1. The van der Waals surface area contributed by atoms with E-state index in [1.165, 1.54) is 6.07 Å². The monoisotopic (exact) mass is 309 g/mol. The van der Waals surface area contributed by atoms with Crippen molar-refractivity contribution in [1.29, 1.82) is 0 Å². The van der Waals surface area contributed by atoms with Crippen LogP contribution in [0.4, 0.5) is 0 Å². The molecule has 0 radical (unpaired) electrons. The van der Waals surface area contributed by atoms with Crippen LogP contribution >= 0.6 is 0 Å². The van der Waals surface area contributed by atoms with Crippen LogP contribution in [0.25, 0.3) is 0 Å². The summed E-state index contributed by atoms with van der Waals surface area (Å²) in [6.45, 7) is 3.93. The molecule has 0 aliphatic carbocycles. The summed E-state index contributed by atoms with van der Waals surface area (Å²) in [6.07, 6.45) is 3.69. The molecule has 0 saturated carbocycles. The normalized spacial score (nSPS) is 21.0. The van der Waals surface area contributed by atoms with Gasteiger partial charge in [-0.1, -0.05) is 0 Å². The topological polar surface area (TPSA) is 80.0 Å². The minimum Gasteiger partial charge on any atom is -0.478 e. The molecule has 1 aliphatic heterocycles. The van der Waals surface area contributed by atoms with Crippen LogP contribution < -0.4 is 0 Å². The lowest BCUT2D eigenvalue weighted by molar-refractivity contribution is -0.131. The van der Waals surface area contributed by atoms with Gasteiger partial charge in [0.25, 0.3) is 0 Å². The Morgan fingerprint density at radius 3 is 2.68 bits per heavy atom. The van der Waals surface area contributed by atoms with Gasteiger partial charge in [0.2, 0.25) is 5.91 Å². The zero-order chi connectivity index (χ0) is 16.3. The molecule has 1 aromatic rings. The van der Waals surface area contributed by atoms with Gasteiger partial charge in [0.15, 0.2) is 0 Å². The number of carboxylic acids is 1. The van der Waals surface area contributed by atoms with Gasteiger partial charge in [-0.2, -0.15) is 0 Å². The number of ether oxygens (including phenoxy) is 1. The average Bonchev–Trinajstić information content (AvgIpc) is 3.02. The standard InChI is InChI=1S/C16H23NO5/c1-10-4-5-12(21-10)6-7-15(18)17(3)9-13-8-14(16(19)20)11(2)22-13/h8,10,12H,4-7,9H2,1-3H3,(H,19,20)/t10-,12-/m1/s1. The van der Waals surface area contributed by atoms with E-state index in [0.29, 0.717) is 24.0 Å². The fourth-order valence-corrected chi connectivity index (χ4v) is 2.73. The summed E-state index contributed by atoms with van der Waals surface area (Å²) in [5, 5.41) is 8.99. The van der Waals surface area contributed by atoms with Gasteiger partial charge in [-0.05, 0) is 39.2 Å². The molecular formula is C16H23NO5. The molecule has 0 spiro atoms. The lowest BCUT2D eigenvalue weighted by atomic mass is 10.1. The SMILES string of the molecule is Cc1oc(CN(C)C(=O)CC[C@H]2CC[C@@H](C)O2)cc1C(=O)O. The summed E-state index contributed by atoms with van der Waals surface area (Å²) in [5.74, 6) is -0.170. The zero-order valence-corrected chi connectivity index (χ0v) is 13.3. The molecule has 6 heteroatoms. The van der Waals surface area contributed by atoms with Gasteiger partial charge >= 0.3 is 5.97 Å². The van der Waals surface area contributed by atoms with Crippen molar-refractivity contribution in [2.24, 2.45) is 0 Å². The molecule has 122 valence electrons. The molecule has 22 heavy (non-hydrogen) atoms. The van der Waals surface area contributed by atoms with E-state index >= 15 is 0 Å². The number of carbonyl (C=O) groups is 2. The Labute approximate surface area is 130 Å². The minimum absolute atomic E-state index is 0.00841. The number of aromatic carboxylic acids is 1. The van der Waals surface area contributed by atoms with Crippen LogP contribution in [0.1, 0.15) is 54.5 Å². The van der Waals surface area contributed by atoms with Crippen LogP contribution in [-0.2, 0) is 16.1 Å². The third-order valence-corrected chi connectivity index (χ3v) is 4.02. The number of rotatable bonds is 6. The Hall–Kier alpha value is -1.82. The van der Waals surface area contributed by atoms with Crippen molar-refractivity contribution in [2.75, 3.05) is 7.05 Å². The summed E-state index contributed by atoms with van der Waals surface area (Å²) in [5.41, 5.74) is 0.143. The minimum atomic E-state index is -1.02. The molecule has 2 heterocycles. The Kier molecular flexibility index (Phi) is 5.24. The molecule has 1 aliphatic rings. The first-order valence-corrected chi connectivity index (χ1v) is 7.59. The summed E-state index contributed by atoms with van der Waals surface area (Å²) < 4.78 is 11.1. The van der Waals surface area contributed by atoms with Crippen LogP contribution in [0.3, 0.4) is 0 Å². The number of amides is 1. The second-order valence-corrected chi connectivity index (χ2v) is 5.92. The molecule has 1 N–H and O–H groups in total. The van der Waals surface area contributed by atoms with Crippen molar-refractivity contribution in [1.82, 2.24) is 4.90 Å².